The van der Waals surface area contributed by atoms with E-state index in [9.17, 15) is 4.79 Å². The number of nitrogens with zero attached hydrogens (tertiary/aromatic N) is 3. The summed E-state index contributed by atoms with van der Waals surface area (Å²) < 4.78 is 16.6. The maximum Gasteiger partial charge on any atom is 0.410 e. The highest BCUT2D eigenvalue weighted by Gasteiger charge is 2.49. The lowest BCUT2D eigenvalue weighted by molar-refractivity contribution is 0.0322. The van der Waals surface area contributed by atoms with E-state index in [0.29, 0.717) is 13.2 Å². The van der Waals surface area contributed by atoms with Crippen LogP contribution in [0.4, 0.5) is 4.79 Å². The molecular weight excluding hydrogens is 358 g/mol. The van der Waals surface area contributed by atoms with E-state index >= 15 is 0 Å². The lowest BCUT2D eigenvalue weighted by Crippen LogP contribution is -2.60. The fourth-order valence-electron chi connectivity index (χ4n) is 4.35. The van der Waals surface area contributed by atoms with Crippen LogP contribution in [0.1, 0.15) is 18.9 Å². The molecule has 1 amide bonds. The summed E-state index contributed by atoms with van der Waals surface area (Å²) in [7, 11) is 0. The molecular formula is C21H31N3O4. The molecule has 3 heterocycles. The van der Waals surface area contributed by atoms with E-state index in [1.165, 1.54) is 5.56 Å². The lowest BCUT2D eigenvalue weighted by atomic mass is 9.92. The molecule has 3 fully saturated rings. The van der Waals surface area contributed by atoms with E-state index in [-0.39, 0.29) is 11.6 Å². The SMILES string of the molecule is CCC12COC(=O)N1CCN(Cc1ccc(OCCN3CCOCC3)cc1)C2. The minimum absolute atomic E-state index is 0.153. The predicted molar refractivity (Wildman–Crippen MR) is 106 cm³/mol. The van der Waals surface area contributed by atoms with E-state index in [4.69, 9.17) is 14.2 Å². The van der Waals surface area contributed by atoms with Crippen LogP contribution < -0.4 is 4.74 Å². The summed E-state index contributed by atoms with van der Waals surface area (Å²) in [5, 5.41) is 0. The summed E-state index contributed by atoms with van der Waals surface area (Å²) in [6.07, 6.45) is 0.769. The average Bonchev–Trinajstić information content (AvgIpc) is 3.07. The monoisotopic (exact) mass is 389 g/mol. The number of hydrogen-bond acceptors (Lipinski definition) is 6. The quantitative estimate of drug-likeness (QED) is 0.709. The molecule has 1 aromatic carbocycles. The Bertz CT molecular complexity index is 662. The van der Waals surface area contributed by atoms with Crippen LogP contribution in [0.3, 0.4) is 0 Å². The second-order valence-electron chi connectivity index (χ2n) is 7.94. The molecule has 0 bridgehead atoms. The Morgan fingerprint density at radius 3 is 2.61 bits per heavy atom. The summed E-state index contributed by atoms with van der Waals surface area (Å²) in [6.45, 7) is 11.3. The van der Waals surface area contributed by atoms with E-state index in [1.54, 1.807) is 0 Å². The smallest absolute Gasteiger partial charge is 0.410 e. The second-order valence-corrected chi connectivity index (χ2v) is 7.94. The van der Waals surface area contributed by atoms with Gasteiger partial charge in [0.25, 0.3) is 0 Å². The molecule has 0 aromatic heterocycles. The van der Waals surface area contributed by atoms with Crippen LogP contribution in [0.5, 0.6) is 5.75 Å². The number of fused-ring (bicyclic) bond motifs is 1. The van der Waals surface area contributed by atoms with Crippen molar-refractivity contribution in [3.63, 3.8) is 0 Å². The number of piperazine rings is 1. The van der Waals surface area contributed by atoms with Crippen molar-refractivity contribution in [3.05, 3.63) is 29.8 Å². The third-order valence-electron chi connectivity index (χ3n) is 6.18. The zero-order chi connectivity index (χ0) is 19.4. The Morgan fingerprint density at radius 1 is 1.07 bits per heavy atom. The predicted octanol–water partition coefficient (Wildman–Crippen LogP) is 1.81. The van der Waals surface area contributed by atoms with Crippen LogP contribution in [0.25, 0.3) is 0 Å². The summed E-state index contributed by atoms with van der Waals surface area (Å²) in [4.78, 5) is 18.7. The van der Waals surface area contributed by atoms with E-state index in [2.05, 4.69) is 41.0 Å². The number of carbonyl (C=O) groups excluding carboxylic acids is 1. The van der Waals surface area contributed by atoms with Crippen LogP contribution >= 0.6 is 0 Å². The number of ether oxygens (including phenoxy) is 3. The van der Waals surface area contributed by atoms with Gasteiger partial charge in [-0.05, 0) is 24.1 Å². The number of cyclic esters (lactones) is 1. The third kappa shape index (κ3) is 4.26. The van der Waals surface area contributed by atoms with Crippen LogP contribution in [0.15, 0.2) is 24.3 Å². The molecule has 154 valence electrons. The molecule has 3 aliphatic heterocycles. The van der Waals surface area contributed by atoms with Gasteiger partial charge in [0.2, 0.25) is 0 Å². The van der Waals surface area contributed by atoms with Crippen LogP contribution in [-0.2, 0) is 16.0 Å². The maximum atomic E-state index is 11.9. The van der Waals surface area contributed by atoms with Crippen molar-refractivity contribution < 1.29 is 19.0 Å². The third-order valence-corrected chi connectivity index (χ3v) is 6.18. The van der Waals surface area contributed by atoms with Crippen molar-refractivity contribution in [1.82, 2.24) is 14.7 Å². The molecule has 0 saturated carbocycles. The van der Waals surface area contributed by atoms with Crippen molar-refractivity contribution in [2.45, 2.75) is 25.4 Å². The Hall–Kier alpha value is -1.83. The Morgan fingerprint density at radius 2 is 1.86 bits per heavy atom. The van der Waals surface area contributed by atoms with Crippen LogP contribution in [-0.4, -0.2) is 92.0 Å². The first-order valence-corrected chi connectivity index (χ1v) is 10.4. The normalized spacial score (nSPS) is 26.2. The Balaban J connectivity index is 1.26. The van der Waals surface area contributed by atoms with E-state index in [1.807, 2.05) is 4.90 Å². The Kier molecular flexibility index (Phi) is 6.04. The highest BCUT2D eigenvalue weighted by atomic mass is 16.6. The van der Waals surface area contributed by atoms with Crippen molar-refractivity contribution in [1.29, 1.82) is 0 Å². The molecule has 4 rings (SSSR count). The molecule has 1 aromatic rings. The molecule has 1 unspecified atom stereocenters. The lowest BCUT2D eigenvalue weighted by Gasteiger charge is -2.44. The summed E-state index contributed by atoms with van der Waals surface area (Å²) in [5.41, 5.74) is 1.11. The average molecular weight is 389 g/mol. The van der Waals surface area contributed by atoms with Gasteiger partial charge in [-0.2, -0.15) is 0 Å². The zero-order valence-electron chi connectivity index (χ0n) is 16.8. The summed E-state index contributed by atoms with van der Waals surface area (Å²) >= 11 is 0. The van der Waals surface area contributed by atoms with Crippen LogP contribution in [0, 0.1) is 0 Å². The van der Waals surface area contributed by atoms with Crippen molar-refractivity contribution in [2.75, 3.05) is 65.7 Å². The first kappa shape index (κ1) is 19.5. The highest BCUT2D eigenvalue weighted by molar-refractivity contribution is 5.71. The zero-order valence-corrected chi connectivity index (χ0v) is 16.8. The number of amides is 1. The number of hydrogen-bond donors (Lipinski definition) is 0. The molecule has 3 saturated heterocycles. The van der Waals surface area contributed by atoms with Crippen molar-refractivity contribution >= 4 is 6.09 Å². The first-order chi connectivity index (χ1) is 13.7. The molecule has 0 spiro atoms. The van der Waals surface area contributed by atoms with Gasteiger partial charge in [-0.25, -0.2) is 4.79 Å². The standard InChI is InChI=1S/C21H31N3O4/c1-2-21-16-23(7-8-24(21)20(25)28-17-21)15-18-3-5-19(6-4-18)27-14-11-22-9-12-26-13-10-22/h3-6H,2,7-17H2,1H3. The second kappa shape index (κ2) is 8.68. The van der Waals surface area contributed by atoms with Gasteiger partial charge < -0.3 is 14.2 Å². The van der Waals surface area contributed by atoms with Gasteiger partial charge in [0.05, 0.1) is 18.8 Å². The number of benzene rings is 1. The molecule has 1 atom stereocenters. The Labute approximate surface area is 167 Å². The number of morpholine rings is 1. The molecule has 3 aliphatic rings. The van der Waals surface area contributed by atoms with Gasteiger partial charge in [0, 0.05) is 45.8 Å². The summed E-state index contributed by atoms with van der Waals surface area (Å²) in [5.74, 6) is 0.918. The van der Waals surface area contributed by atoms with Gasteiger partial charge in [0.1, 0.15) is 19.0 Å². The van der Waals surface area contributed by atoms with E-state index in [0.717, 1.165) is 71.2 Å². The van der Waals surface area contributed by atoms with Crippen molar-refractivity contribution in [3.8, 4) is 5.75 Å². The number of rotatable bonds is 7. The van der Waals surface area contributed by atoms with E-state index < -0.39 is 0 Å². The first-order valence-electron chi connectivity index (χ1n) is 10.4. The van der Waals surface area contributed by atoms with Gasteiger partial charge in [-0.15, -0.1) is 0 Å². The minimum Gasteiger partial charge on any atom is -0.492 e. The van der Waals surface area contributed by atoms with Gasteiger partial charge in [0.15, 0.2) is 0 Å². The molecule has 7 nitrogen and oxygen atoms in total. The van der Waals surface area contributed by atoms with Gasteiger partial charge in [-0.1, -0.05) is 19.1 Å². The largest absolute Gasteiger partial charge is 0.492 e. The molecule has 7 heteroatoms. The molecule has 0 aliphatic carbocycles. The molecule has 28 heavy (non-hydrogen) atoms. The number of carbonyl (C=O) groups is 1. The van der Waals surface area contributed by atoms with Crippen LogP contribution in [0.2, 0.25) is 0 Å². The van der Waals surface area contributed by atoms with Gasteiger partial charge >= 0.3 is 6.09 Å². The maximum absolute atomic E-state index is 11.9. The van der Waals surface area contributed by atoms with Gasteiger partial charge in [-0.3, -0.25) is 14.7 Å². The summed E-state index contributed by atoms with van der Waals surface area (Å²) in [6, 6.07) is 8.40. The highest BCUT2D eigenvalue weighted by Crippen LogP contribution is 2.32. The topological polar surface area (TPSA) is 54.5 Å². The van der Waals surface area contributed by atoms with Crippen molar-refractivity contribution in [2.24, 2.45) is 0 Å². The molecule has 0 N–H and O–H groups in total. The molecule has 0 radical (unpaired) electrons. The fraction of sp³-hybridized carbons (Fsp3) is 0.667. The minimum atomic E-state index is -0.155. The fourth-order valence-corrected chi connectivity index (χ4v) is 4.35.